The highest BCUT2D eigenvalue weighted by Crippen LogP contribution is 2.16. The van der Waals surface area contributed by atoms with Crippen molar-refractivity contribution in [3.8, 4) is 5.88 Å². The molecule has 0 saturated carbocycles. The molecule has 18 heavy (non-hydrogen) atoms. The van der Waals surface area contributed by atoms with Crippen molar-refractivity contribution in [2.75, 3.05) is 31.1 Å². The number of nitrogens with zero attached hydrogens (tertiary/aromatic N) is 3. The van der Waals surface area contributed by atoms with Crippen LogP contribution in [0.3, 0.4) is 0 Å². The van der Waals surface area contributed by atoms with E-state index in [9.17, 15) is 0 Å². The first kappa shape index (κ1) is 13.1. The van der Waals surface area contributed by atoms with Crippen molar-refractivity contribution in [2.45, 2.75) is 33.2 Å². The molecule has 0 aliphatic carbocycles. The van der Waals surface area contributed by atoms with Crippen LogP contribution in [0, 0.1) is 6.92 Å². The van der Waals surface area contributed by atoms with E-state index in [1.54, 1.807) is 0 Å². The molecular formula is C13H22N4O. The van der Waals surface area contributed by atoms with Crippen molar-refractivity contribution >= 4 is 5.95 Å². The third-order valence-corrected chi connectivity index (χ3v) is 2.92. The Bertz CT molecular complexity index is 397. The minimum Gasteiger partial charge on any atom is -0.478 e. The van der Waals surface area contributed by atoms with Gasteiger partial charge in [0.05, 0.1) is 6.61 Å². The van der Waals surface area contributed by atoms with Crippen LogP contribution in [-0.2, 0) is 0 Å². The van der Waals surface area contributed by atoms with Crippen LogP contribution in [0.4, 0.5) is 5.95 Å². The molecule has 1 aliphatic rings. The summed E-state index contributed by atoms with van der Waals surface area (Å²) < 4.78 is 5.60. The van der Waals surface area contributed by atoms with E-state index in [0.717, 1.165) is 37.7 Å². The van der Waals surface area contributed by atoms with Crippen molar-refractivity contribution in [2.24, 2.45) is 0 Å². The zero-order chi connectivity index (χ0) is 13.0. The van der Waals surface area contributed by atoms with Gasteiger partial charge in [-0.2, -0.15) is 4.98 Å². The number of piperazine rings is 1. The molecule has 0 aromatic carbocycles. The van der Waals surface area contributed by atoms with E-state index >= 15 is 0 Å². The van der Waals surface area contributed by atoms with Gasteiger partial charge in [-0.3, -0.25) is 0 Å². The lowest BCUT2D eigenvalue weighted by Crippen LogP contribution is -2.49. The first-order valence-corrected chi connectivity index (χ1v) is 6.66. The molecule has 0 amide bonds. The Labute approximate surface area is 109 Å². The van der Waals surface area contributed by atoms with Gasteiger partial charge in [-0.25, -0.2) is 4.98 Å². The van der Waals surface area contributed by atoms with Gasteiger partial charge in [-0.1, -0.05) is 6.92 Å². The quantitative estimate of drug-likeness (QED) is 0.874. The first-order chi connectivity index (χ1) is 8.69. The maximum Gasteiger partial charge on any atom is 0.228 e. The molecular weight excluding hydrogens is 228 g/mol. The fourth-order valence-electron chi connectivity index (χ4n) is 2.06. The molecule has 0 bridgehead atoms. The summed E-state index contributed by atoms with van der Waals surface area (Å²) in [6.07, 6.45) is 0.989. The average molecular weight is 250 g/mol. The second kappa shape index (κ2) is 6.00. The number of anilines is 1. The van der Waals surface area contributed by atoms with E-state index in [2.05, 4.69) is 34.0 Å². The Morgan fingerprint density at radius 1 is 1.50 bits per heavy atom. The Balaban J connectivity index is 2.13. The fraction of sp³-hybridized carbons (Fsp3) is 0.692. The molecule has 2 rings (SSSR count). The van der Waals surface area contributed by atoms with Crippen LogP contribution in [0.15, 0.2) is 6.07 Å². The molecule has 0 radical (unpaired) electrons. The Morgan fingerprint density at radius 3 is 3.06 bits per heavy atom. The molecule has 5 heteroatoms. The number of hydrogen-bond donors (Lipinski definition) is 1. The van der Waals surface area contributed by atoms with Crippen LogP contribution in [0.5, 0.6) is 5.88 Å². The summed E-state index contributed by atoms with van der Waals surface area (Å²) in [5, 5.41) is 3.42. The van der Waals surface area contributed by atoms with Gasteiger partial charge in [0.25, 0.3) is 0 Å². The topological polar surface area (TPSA) is 50.3 Å². The van der Waals surface area contributed by atoms with Crippen LogP contribution in [0.2, 0.25) is 0 Å². The van der Waals surface area contributed by atoms with Gasteiger partial charge in [-0.05, 0) is 20.3 Å². The number of ether oxygens (including phenoxy) is 1. The molecule has 1 fully saturated rings. The van der Waals surface area contributed by atoms with Crippen molar-refractivity contribution in [3.05, 3.63) is 11.8 Å². The number of hydrogen-bond acceptors (Lipinski definition) is 5. The maximum absolute atomic E-state index is 5.60. The molecule has 1 aliphatic heterocycles. The Hall–Kier alpha value is -1.36. The summed E-state index contributed by atoms with van der Waals surface area (Å²) in [7, 11) is 0. The minimum absolute atomic E-state index is 0.475. The number of nitrogens with one attached hydrogen (secondary N) is 1. The van der Waals surface area contributed by atoms with E-state index in [4.69, 9.17) is 4.74 Å². The highest BCUT2D eigenvalue weighted by molar-refractivity contribution is 5.35. The number of aryl methyl sites for hydroxylation is 1. The molecule has 100 valence electrons. The summed E-state index contributed by atoms with van der Waals surface area (Å²) in [5.41, 5.74) is 0.956. The average Bonchev–Trinajstić information content (AvgIpc) is 2.36. The number of rotatable bonds is 4. The minimum atomic E-state index is 0.475. The molecule has 1 saturated heterocycles. The van der Waals surface area contributed by atoms with Gasteiger partial charge in [0.1, 0.15) is 0 Å². The fourth-order valence-corrected chi connectivity index (χ4v) is 2.06. The lowest BCUT2D eigenvalue weighted by atomic mass is 10.2. The second-order valence-electron chi connectivity index (χ2n) is 4.80. The van der Waals surface area contributed by atoms with E-state index < -0.39 is 0 Å². The SMILES string of the molecule is CCCOc1cc(C)nc(N2CCN[C@@H](C)C2)n1. The third-order valence-electron chi connectivity index (χ3n) is 2.92. The summed E-state index contributed by atoms with van der Waals surface area (Å²) in [4.78, 5) is 11.2. The molecule has 1 N–H and O–H groups in total. The molecule has 0 unspecified atom stereocenters. The van der Waals surface area contributed by atoms with Crippen molar-refractivity contribution in [3.63, 3.8) is 0 Å². The van der Waals surface area contributed by atoms with Gasteiger partial charge < -0.3 is 15.0 Å². The molecule has 1 atom stereocenters. The van der Waals surface area contributed by atoms with E-state index in [1.807, 2.05) is 13.0 Å². The Kier molecular flexibility index (Phi) is 4.36. The van der Waals surface area contributed by atoms with Gasteiger partial charge in [0.2, 0.25) is 11.8 Å². The monoisotopic (exact) mass is 250 g/mol. The van der Waals surface area contributed by atoms with Gasteiger partial charge in [0, 0.05) is 37.4 Å². The zero-order valence-electron chi connectivity index (χ0n) is 11.4. The van der Waals surface area contributed by atoms with Crippen molar-refractivity contribution in [1.82, 2.24) is 15.3 Å². The summed E-state index contributed by atoms with van der Waals surface area (Å²) in [6, 6.07) is 2.37. The second-order valence-corrected chi connectivity index (χ2v) is 4.80. The molecule has 5 nitrogen and oxygen atoms in total. The first-order valence-electron chi connectivity index (χ1n) is 6.66. The largest absolute Gasteiger partial charge is 0.478 e. The summed E-state index contributed by atoms with van der Waals surface area (Å²) >= 11 is 0. The molecule has 1 aromatic heterocycles. The van der Waals surface area contributed by atoms with Gasteiger partial charge in [0.15, 0.2) is 0 Å². The van der Waals surface area contributed by atoms with Crippen LogP contribution in [0.1, 0.15) is 26.0 Å². The van der Waals surface area contributed by atoms with Crippen LogP contribution in [-0.4, -0.2) is 42.3 Å². The standard InChI is InChI=1S/C13H22N4O/c1-4-7-18-12-8-10(2)15-13(16-12)17-6-5-14-11(3)9-17/h8,11,14H,4-7,9H2,1-3H3/t11-/m0/s1. The Morgan fingerprint density at radius 2 is 2.33 bits per heavy atom. The lowest BCUT2D eigenvalue weighted by Gasteiger charge is -2.32. The van der Waals surface area contributed by atoms with Gasteiger partial charge in [-0.15, -0.1) is 0 Å². The maximum atomic E-state index is 5.60. The zero-order valence-corrected chi connectivity index (χ0v) is 11.4. The predicted octanol–water partition coefficient (Wildman–Crippen LogP) is 1.37. The predicted molar refractivity (Wildman–Crippen MR) is 72.2 cm³/mol. The molecule has 2 heterocycles. The van der Waals surface area contributed by atoms with E-state index in [-0.39, 0.29) is 0 Å². The third kappa shape index (κ3) is 3.32. The van der Waals surface area contributed by atoms with Gasteiger partial charge >= 0.3 is 0 Å². The summed E-state index contributed by atoms with van der Waals surface area (Å²) in [6.45, 7) is 9.81. The summed E-state index contributed by atoms with van der Waals surface area (Å²) in [5.74, 6) is 1.47. The molecule has 1 aromatic rings. The van der Waals surface area contributed by atoms with Crippen molar-refractivity contribution < 1.29 is 4.74 Å². The van der Waals surface area contributed by atoms with Crippen LogP contribution < -0.4 is 15.0 Å². The van der Waals surface area contributed by atoms with Crippen molar-refractivity contribution in [1.29, 1.82) is 0 Å². The smallest absolute Gasteiger partial charge is 0.228 e. The van der Waals surface area contributed by atoms with E-state index in [1.165, 1.54) is 0 Å². The molecule has 0 spiro atoms. The highest BCUT2D eigenvalue weighted by Gasteiger charge is 2.18. The van der Waals surface area contributed by atoms with Crippen LogP contribution in [0.25, 0.3) is 0 Å². The normalized spacial score (nSPS) is 19.9. The van der Waals surface area contributed by atoms with Crippen LogP contribution >= 0.6 is 0 Å². The van der Waals surface area contributed by atoms with E-state index in [0.29, 0.717) is 18.5 Å². The highest BCUT2D eigenvalue weighted by atomic mass is 16.5. The number of aromatic nitrogens is 2. The lowest BCUT2D eigenvalue weighted by molar-refractivity contribution is 0.304.